The SMILES string of the molecule is C[N-][Si](C)(C)[Si](C)(C)C.C[N-][Si](C)(C)[Si](C)(C)C.C[N-][Si](C)(C)[Si](C)(C)C.[La+3]. The molecule has 0 rings (SSSR count). The van der Waals surface area contributed by atoms with Crippen LogP contribution in [0.15, 0.2) is 0 Å². The number of hydrogen-bond acceptors (Lipinski definition) is 0. The zero-order chi connectivity index (χ0) is 23.1. The summed E-state index contributed by atoms with van der Waals surface area (Å²) in [6.07, 6.45) is 0. The molecule has 0 radical (unpaired) electrons. The van der Waals surface area contributed by atoms with Gasteiger partial charge in [0.1, 0.15) is 0 Å². The molecule has 0 amide bonds. The molecule has 0 fully saturated rings. The number of rotatable bonds is 6. The van der Waals surface area contributed by atoms with E-state index in [0.29, 0.717) is 0 Å². The zero-order valence-electron chi connectivity index (χ0n) is 22.9. The third-order valence-electron chi connectivity index (χ3n) is 7.18. The van der Waals surface area contributed by atoms with Crippen molar-refractivity contribution < 1.29 is 35.6 Å². The van der Waals surface area contributed by atoms with Gasteiger partial charge >= 0.3 is 35.6 Å². The molecule has 0 saturated carbocycles. The van der Waals surface area contributed by atoms with E-state index in [2.05, 4.69) is 113 Å². The summed E-state index contributed by atoms with van der Waals surface area (Å²) in [6, 6.07) is 0. The van der Waals surface area contributed by atoms with Gasteiger partial charge in [-0.2, -0.15) is 21.1 Å². The Kier molecular flexibility index (Phi) is 18.6. The van der Waals surface area contributed by atoms with Crippen LogP contribution in [-0.2, 0) is 0 Å². The minimum Gasteiger partial charge on any atom is -0.669 e. The minimum atomic E-state index is -1.11. The van der Waals surface area contributed by atoms with Gasteiger partial charge in [0.25, 0.3) is 0 Å². The Bertz CT molecular complexity index is 349. The molecule has 0 aromatic heterocycles. The fraction of sp³-hybridized carbons (Fsp3) is 1.00. The Hall–Kier alpha value is 2.38. The zero-order valence-corrected chi connectivity index (χ0v) is 32.5. The fourth-order valence-corrected chi connectivity index (χ4v) is 9.06. The van der Waals surface area contributed by atoms with Crippen LogP contribution in [0.4, 0.5) is 0 Å². The van der Waals surface area contributed by atoms with E-state index >= 15 is 0 Å². The van der Waals surface area contributed by atoms with Crippen molar-refractivity contribution in [2.24, 2.45) is 0 Å². The summed E-state index contributed by atoms with van der Waals surface area (Å²) in [5.74, 6) is 0. The first-order valence-electron chi connectivity index (χ1n) is 10.3. The maximum atomic E-state index is 4.49. The molecule has 0 aromatic rings. The summed E-state index contributed by atoms with van der Waals surface area (Å²) in [5.41, 5.74) is 0. The van der Waals surface area contributed by atoms with Crippen molar-refractivity contribution in [3.63, 3.8) is 0 Å². The first-order valence-corrected chi connectivity index (χ1v) is 32.6. The average Bonchev–Trinajstić information content (AvgIpc) is 2.45. The Morgan fingerprint density at radius 2 is 0.429 bits per heavy atom. The molecule has 0 aliphatic heterocycles. The van der Waals surface area contributed by atoms with Gasteiger partial charge in [0.15, 0.2) is 0 Å². The first kappa shape index (κ1) is 37.7. The molecule has 0 aliphatic rings. The first-order chi connectivity index (χ1) is 11.4. The van der Waals surface area contributed by atoms with Crippen LogP contribution >= 0.6 is 0 Å². The van der Waals surface area contributed by atoms with Crippen LogP contribution in [0.2, 0.25) is 98.2 Å². The van der Waals surface area contributed by atoms with Gasteiger partial charge in [-0.15, -0.1) is 0 Å². The third kappa shape index (κ3) is 14.4. The van der Waals surface area contributed by atoms with Crippen molar-refractivity contribution in [2.45, 2.75) is 98.2 Å². The topological polar surface area (TPSA) is 42.3 Å². The fourth-order valence-electron chi connectivity index (χ4n) is 1.01. The van der Waals surface area contributed by atoms with Crippen molar-refractivity contribution in [3.05, 3.63) is 14.9 Å². The van der Waals surface area contributed by atoms with Crippen LogP contribution in [-0.4, -0.2) is 67.2 Å². The van der Waals surface area contributed by atoms with Gasteiger partial charge in [0.2, 0.25) is 0 Å². The second-order valence-electron chi connectivity index (χ2n) is 12.1. The van der Waals surface area contributed by atoms with Gasteiger partial charge in [0.05, 0.1) is 0 Å². The quantitative estimate of drug-likeness (QED) is 0.272. The average molecular weight is 620 g/mol. The van der Waals surface area contributed by atoms with E-state index < -0.39 is 46.0 Å². The molecule has 0 unspecified atom stereocenters. The van der Waals surface area contributed by atoms with Crippen molar-refractivity contribution in [2.75, 3.05) is 21.1 Å². The molecule has 0 heterocycles. The van der Waals surface area contributed by atoms with E-state index in [4.69, 9.17) is 0 Å². The molecule has 0 N–H and O–H groups in total. The summed E-state index contributed by atoms with van der Waals surface area (Å²) in [6.45, 7) is 35.8. The predicted molar refractivity (Wildman–Crippen MR) is 150 cm³/mol. The summed E-state index contributed by atoms with van der Waals surface area (Å²) >= 11 is 0. The molecule has 0 spiro atoms. The number of nitrogens with zero attached hydrogens (tertiary/aromatic N) is 3. The summed E-state index contributed by atoms with van der Waals surface area (Å²) in [5, 5.41) is 0. The summed E-state index contributed by atoms with van der Waals surface area (Å²) < 4.78 is 0. The second kappa shape index (κ2) is 13.8. The molecule has 0 atom stereocenters. The Balaban J connectivity index is -0.000000152. The largest absolute Gasteiger partial charge is 3.00 e. The molecule has 0 aromatic carbocycles. The van der Waals surface area contributed by atoms with E-state index in [0.717, 1.165) is 0 Å². The van der Waals surface area contributed by atoms with Crippen molar-refractivity contribution in [1.29, 1.82) is 0 Å². The Labute approximate surface area is 214 Å². The van der Waals surface area contributed by atoms with Crippen LogP contribution in [0.5, 0.6) is 0 Å². The Morgan fingerprint density at radius 3 is 0.429 bits per heavy atom. The molecular weight excluding hydrogens is 566 g/mol. The minimum absolute atomic E-state index is 0. The van der Waals surface area contributed by atoms with E-state index in [9.17, 15) is 0 Å². The second-order valence-corrected chi connectivity index (χ2v) is 60.8. The molecule has 28 heavy (non-hydrogen) atoms. The maximum absolute atomic E-state index is 4.49. The molecule has 3 nitrogen and oxygen atoms in total. The molecule has 10 heteroatoms. The van der Waals surface area contributed by atoms with Gasteiger partial charge in [-0.05, 0) is 0 Å². The maximum Gasteiger partial charge on any atom is 3.00 e. The normalized spacial score (nSPS) is 13.5. The third-order valence-corrected chi connectivity index (χ3v) is 56.6. The van der Waals surface area contributed by atoms with Crippen molar-refractivity contribution in [3.8, 4) is 0 Å². The Morgan fingerprint density at radius 1 is 0.321 bits per heavy atom. The number of hydrogen-bond donors (Lipinski definition) is 0. The molecule has 0 bridgehead atoms. The van der Waals surface area contributed by atoms with Gasteiger partial charge in [-0.25, -0.2) is 0 Å². The standard InChI is InChI=1S/3C6H18NSi2.La/c3*1-7-9(5,6)8(2,3)4;/h3*1-6H3;/q3*-1;+3. The van der Waals surface area contributed by atoms with Crippen molar-refractivity contribution in [1.82, 2.24) is 0 Å². The van der Waals surface area contributed by atoms with Crippen LogP contribution in [0, 0.1) is 35.6 Å². The molecule has 0 aliphatic carbocycles. The van der Waals surface area contributed by atoms with E-state index in [1.165, 1.54) is 0 Å². The smallest absolute Gasteiger partial charge is 0.669 e. The van der Waals surface area contributed by atoms with Gasteiger partial charge in [-0.1, -0.05) is 121 Å². The molecular formula is C18H54LaN3Si6. The van der Waals surface area contributed by atoms with Crippen molar-refractivity contribution >= 4 is 46.0 Å². The van der Waals surface area contributed by atoms with Gasteiger partial charge in [0, 0.05) is 22.8 Å². The van der Waals surface area contributed by atoms with E-state index in [1.54, 1.807) is 0 Å². The van der Waals surface area contributed by atoms with Crippen LogP contribution in [0.3, 0.4) is 0 Å². The van der Waals surface area contributed by atoms with E-state index in [-0.39, 0.29) is 35.6 Å². The summed E-state index contributed by atoms with van der Waals surface area (Å²) in [7, 11) is -0.153. The predicted octanol–water partition coefficient (Wildman–Crippen LogP) is 7.83. The van der Waals surface area contributed by atoms with E-state index in [1.807, 2.05) is 21.1 Å². The van der Waals surface area contributed by atoms with Crippen LogP contribution in [0.1, 0.15) is 0 Å². The van der Waals surface area contributed by atoms with Crippen LogP contribution < -0.4 is 0 Å². The molecule has 0 saturated heterocycles. The van der Waals surface area contributed by atoms with Gasteiger partial charge in [-0.3, -0.25) is 0 Å². The monoisotopic (exact) mass is 619 g/mol. The molecule has 168 valence electrons. The summed E-state index contributed by atoms with van der Waals surface area (Å²) in [4.78, 5) is 13.5. The van der Waals surface area contributed by atoms with Crippen LogP contribution in [0.25, 0.3) is 14.9 Å². The van der Waals surface area contributed by atoms with Gasteiger partial charge < -0.3 is 14.9 Å².